The number of nitro benzene ring substituents is 1. The molecule has 0 unspecified atom stereocenters. The van der Waals surface area contributed by atoms with Crippen molar-refractivity contribution in [3.63, 3.8) is 0 Å². The van der Waals surface area contributed by atoms with Gasteiger partial charge in [0.2, 0.25) is 0 Å². The SMILES string of the molecule is CCCCCCC(CCCCCC)CN(CC(CCCCCC)CCCCCC)c1ccc([N+](=O)[O-])cc1. The van der Waals surface area contributed by atoms with Gasteiger partial charge in [0.1, 0.15) is 0 Å². The molecule has 0 spiro atoms. The maximum atomic E-state index is 11.3. The maximum Gasteiger partial charge on any atom is 0.269 e. The topological polar surface area (TPSA) is 46.4 Å². The van der Waals surface area contributed by atoms with E-state index in [1.54, 1.807) is 12.1 Å². The molecule has 0 fully saturated rings. The van der Waals surface area contributed by atoms with Crippen LogP contribution in [0, 0.1) is 22.0 Å². The third-order valence-corrected chi connectivity index (χ3v) is 8.25. The maximum absolute atomic E-state index is 11.3. The summed E-state index contributed by atoms with van der Waals surface area (Å²) in [5.41, 5.74) is 1.37. The molecule has 0 radical (unpaired) electrons. The predicted octanol–water partition coefficient (Wildman–Crippen LogP) is 11.5. The van der Waals surface area contributed by atoms with Gasteiger partial charge in [0.25, 0.3) is 5.69 Å². The lowest BCUT2D eigenvalue weighted by Gasteiger charge is -2.33. The third kappa shape index (κ3) is 16.4. The molecule has 0 amide bonds. The predicted molar refractivity (Wildman–Crippen MR) is 167 cm³/mol. The Morgan fingerprint density at radius 2 is 0.921 bits per heavy atom. The molecule has 0 atom stereocenters. The Kier molecular flexibility index (Phi) is 21.1. The summed E-state index contributed by atoms with van der Waals surface area (Å²) in [6, 6.07) is 7.43. The molecule has 0 aromatic heterocycles. The second-order valence-corrected chi connectivity index (χ2v) is 11.8. The molecule has 0 bridgehead atoms. The zero-order valence-corrected chi connectivity index (χ0v) is 25.7. The number of hydrogen-bond acceptors (Lipinski definition) is 3. The Balaban J connectivity index is 3.05. The van der Waals surface area contributed by atoms with Crippen LogP contribution in [0.5, 0.6) is 0 Å². The molecule has 0 aliphatic heterocycles. The highest BCUT2D eigenvalue weighted by Crippen LogP contribution is 2.28. The van der Waals surface area contributed by atoms with Crippen molar-refractivity contribution in [2.45, 2.75) is 156 Å². The Bertz CT molecular complexity index is 622. The van der Waals surface area contributed by atoms with E-state index < -0.39 is 0 Å². The third-order valence-electron chi connectivity index (χ3n) is 8.25. The van der Waals surface area contributed by atoms with Gasteiger partial charge in [-0.1, -0.05) is 130 Å². The van der Waals surface area contributed by atoms with Crippen molar-refractivity contribution in [3.05, 3.63) is 34.4 Å². The van der Waals surface area contributed by atoms with Crippen molar-refractivity contribution >= 4 is 11.4 Å². The van der Waals surface area contributed by atoms with Gasteiger partial charge >= 0.3 is 0 Å². The van der Waals surface area contributed by atoms with Crippen LogP contribution in [0.4, 0.5) is 11.4 Å². The highest BCUT2D eigenvalue weighted by Gasteiger charge is 2.20. The van der Waals surface area contributed by atoms with E-state index in [4.69, 9.17) is 0 Å². The van der Waals surface area contributed by atoms with Gasteiger partial charge in [-0.3, -0.25) is 10.1 Å². The molecular formula is C34H62N2O2. The van der Waals surface area contributed by atoms with E-state index in [2.05, 4.69) is 32.6 Å². The van der Waals surface area contributed by atoms with Crippen molar-refractivity contribution < 1.29 is 4.92 Å². The summed E-state index contributed by atoms with van der Waals surface area (Å²) in [7, 11) is 0. The fourth-order valence-electron chi connectivity index (χ4n) is 5.79. The first-order chi connectivity index (χ1) is 18.5. The normalized spacial score (nSPS) is 11.5. The van der Waals surface area contributed by atoms with Crippen molar-refractivity contribution in [1.29, 1.82) is 0 Å². The quantitative estimate of drug-likeness (QED) is 0.0679. The number of anilines is 1. The minimum atomic E-state index is -0.275. The molecule has 1 rings (SSSR count). The monoisotopic (exact) mass is 530 g/mol. The van der Waals surface area contributed by atoms with Crippen LogP contribution < -0.4 is 4.90 Å². The van der Waals surface area contributed by atoms with Gasteiger partial charge < -0.3 is 4.90 Å². The molecule has 220 valence electrons. The standard InChI is InChI=1S/C34H62N2O2/c1-5-9-13-17-21-31(22-18-14-10-6-2)29-35(33-25-27-34(28-26-33)36(37)38)30-32(23-19-15-11-7-3)24-20-16-12-8-4/h25-28,31-32H,5-24,29-30H2,1-4H3. The van der Waals surface area contributed by atoms with Crippen LogP contribution in [0.15, 0.2) is 24.3 Å². The molecular weight excluding hydrogens is 468 g/mol. The lowest BCUT2D eigenvalue weighted by Crippen LogP contribution is -2.34. The van der Waals surface area contributed by atoms with Crippen LogP contribution in [-0.2, 0) is 0 Å². The van der Waals surface area contributed by atoms with E-state index in [9.17, 15) is 10.1 Å². The van der Waals surface area contributed by atoms with Crippen LogP contribution >= 0.6 is 0 Å². The molecule has 0 saturated carbocycles. The fourth-order valence-corrected chi connectivity index (χ4v) is 5.79. The molecule has 0 heterocycles. The van der Waals surface area contributed by atoms with E-state index in [-0.39, 0.29) is 10.6 Å². The summed E-state index contributed by atoms with van der Waals surface area (Å²) in [5.74, 6) is 1.42. The van der Waals surface area contributed by atoms with E-state index in [0.717, 1.165) is 13.1 Å². The van der Waals surface area contributed by atoms with Crippen molar-refractivity contribution in [2.75, 3.05) is 18.0 Å². The van der Waals surface area contributed by atoms with E-state index in [1.807, 2.05) is 12.1 Å². The number of benzene rings is 1. The Morgan fingerprint density at radius 3 is 1.21 bits per heavy atom. The number of nitro groups is 1. The van der Waals surface area contributed by atoms with Crippen LogP contribution in [0.3, 0.4) is 0 Å². The average molecular weight is 531 g/mol. The lowest BCUT2D eigenvalue weighted by atomic mass is 9.91. The molecule has 1 aromatic carbocycles. The number of unbranched alkanes of at least 4 members (excludes halogenated alkanes) is 12. The van der Waals surface area contributed by atoms with E-state index in [1.165, 1.54) is 134 Å². The molecule has 38 heavy (non-hydrogen) atoms. The van der Waals surface area contributed by atoms with E-state index in [0.29, 0.717) is 11.8 Å². The summed E-state index contributed by atoms with van der Waals surface area (Å²) in [5, 5.41) is 11.3. The molecule has 0 N–H and O–H groups in total. The molecule has 4 heteroatoms. The van der Waals surface area contributed by atoms with Crippen LogP contribution in [0.2, 0.25) is 0 Å². The van der Waals surface area contributed by atoms with Crippen molar-refractivity contribution in [2.24, 2.45) is 11.8 Å². The van der Waals surface area contributed by atoms with Gasteiger partial charge in [0, 0.05) is 30.9 Å². The van der Waals surface area contributed by atoms with Crippen LogP contribution in [0.1, 0.15) is 156 Å². The fraction of sp³-hybridized carbons (Fsp3) is 0.824. The van der Waals surface area contributed by atoms with Gasteiger partial charge in [0.05, 0.1) is 4.92 Å². The van der Waals surface area contributed by atoms with E-state index >= 15 is 0 Å². The zero-order chi connectivity index (χ0) is 27.8. The largest absolute Gasteiger partial charge is 0.371 e. The Labute approximate surface area is 236 Å². The first kappa shape index (κ1) is 34.4. The van der Waals surface area contributed by atoms with Crippen molar-refractivity contribution in [3.8, 4) is 0 Å². The molecule has 0 aliphatic rings. The number of rotatable bonds is 26. The van der Waals surface area contributed by atoms with Gasteiger partial charge in [-0.15, -0.1) is 0 Å². The van der Waals surface area contributed by atoms with Gasteiger partial charge in [-0.25, -0.2) is 0 Å². The molecule has 1 aromatic rings. The minimum absolute atomic E-state index is 0.195. The smallest absolute Gasteiger partial charge is 0.269 e. The first-order valence-corrected chi connectivity index (χ1v) is 16.5. The van der Waals surface area contributed by atoms with Gasteiger partial charge in [-0.05, 0) is 49.7 Å². The first-order valence-electron chi connectivity index (χ1n) is 16.5. The minimum Gasteiger partial charge on any atom is -0.371 e. The van der Waals surface area contributed by atoms with Crippen LogP contribution in [-0.4, -0.2) is 18.0 Å². The van der Waals surface area contributed by atoms with Crippen LogP contribution in [0.25, 0.3) is 0 Å². The Hall–Kier alpha value is -1.58. The van der Waals surface area contributed by atoms with Crippen molar-refractivity contribution in [1.82, 2.24) is 0 Å². The summed E-state index contributed by atoms with van der Waals surface area (Å²) in [6.45, 7) is 11.4. The second-order valence-electron chi connectivity index (χ2n) is 11.8. The Morgan fingerprint density at radius 1 is 0.579 bits per heavy atom. The average Bonchev–Trinajstić information content (AvgIpc) is 2.92. The summed E-state index contributed by atoms with van der Waals surface area (Å²) < 4.78 is 0. The highest BCUT2D eigenvalue weighted by molar-refractivity contribution is 5.51. The second kappa shape index (κ2) is 23.3. The molecule has 4 nitrogen and oxygen atoms in total. The highest BCUT2D eigenvalue weighted by atomic mass is 16.6. The number of nitrogens with zero attached hydrogens (tertiary/aromatic N) is 2. The number of hydrogen-bond donors (Lipinski definition) is 0. The van der Waals surface area contributed by atoms with Gasteiger partial charge in [0.15, 0.2) is 0 Å². The molecule has 0 aliphatic carbocycles. The molecule has 0 saturated heterocycles. The lowest BCUT2D eigenvalue weighted by molar-refractivity contribution is -0.384. The summed E-state index contributed by atoms with van der Waals surface area (Å²) >= 11 is 0. The zero-order valence-electron chi connectivity index (χ0n) is 25.7. The summed E-state index contributed by atoms with van der Waals surface area (Å²) in [4.78, 5) is 13.7. The summed E-state index contributed by atoms with van der Waals surface area (Å²) in [6.07, 6.45) is 26.5. The number of non-ortho nitro benzene ring substituents is 1. The van der Waals surface area contributed by atoms with Gasteiger partial charge in [-0.2, -0.15) is 0 Å².